The summed E-state index contributed by atoms with van der Waals surface area (Å²) in [6, 6.07) is 2.16. The normalized spacial score (nSPS) is 31.4. The number of benzene rings is 1. The molecule has 2 bridgehead atoms. The summed E-state index contributed by atoms with van der Waals surface area (Å²) >= 11 is 0. The predicted octanol–water partition coefficient (Wildman–Crippen LogP) is 4.02. The van der Waals surface area contributed by atoms with E-state index in [4.69, 9.17) is 5.11 Å². The number of amides is 1. The van der Waals surface area contributed by atoms with Crippen LogP contribution < -0.4 is 5.32 Å². The Bertz CT molecular complexity index is 1030. The van der Waals surface area contributed by atoms with Crippen molar-refractivity contribution < 1.29 is 29.7 Å². The van der Waals surface area contributed by atoms with Crippen LogP contribution in [0, 0.1) is 22.7 Å². The summed E-state index contributed by atoms with van der Waals surface area (Å²) in [5.41, 5.74) is -0.260. The van der Waals surface area contributed by atoms with E-state index in [1.54, 1.807) is 6.08 Å². The number of fused-ring (bicyclic) bond motifs is 2. The van der Waals surface area contributed by atoms with Gasteiger partial charge in [0.1, 0.15) is 17.0 Å². The molecule has 31 heavy (non-hydrogen) atoms. The second-order valence-electron chi connectivity index (χ2n) is 9.42. The lowest BCUT2D eigenvalue weighted by Crippen LogP contribution is -2.54. The van der Waals surface area contributed by atoms with Gasteiger partial charge in [0.05, 0.1) is 0 Å². The van der Waals surface area contributed by atoms with E-state index in [0.29, 0.717) is 12.3 Å². The van der Waals surface area contributed by atoms with E-state index in [1.165, 1.54) is 5.57 Å². The minimum absolute atomic E-state index is 0.00442. The number of aromatic carboxylic acids is 1. The van der Waals surface area contributed by atoms with Gasteiger partial charge < -0.3 is 20.6 Å². The molecule has 4 atom stereocenters. The largest absolute Gasteiger partial charge is 0.506 e. The lowest BCUT2D eigenvalue weighted by Gasteiger charge is -2.59. The molecule has 0 aromatic heterocycles. The smallest absolute Gasteiger partial charge is 0.339 e. The van der Waals surface area contributed by atoms with Gasteiger partial charge in [-0.05, 0) is 67.6 Å². The number of phenols is 2. The molecule has 3 saturated carbocycles. The topological polar surface area (TPSA) is 124 Å². The molecule has 4 aliphatic rings. The van der Waals surface area contributed by atoms with Gasteiger partial charge >= 0.3 is 5.97 Å². The van der Waals surface area contributed by atoms with Gasteiger partial charge in [0, 0.05) is 11.8 Å². The molecule has 5 rings (SSSR count). The average Bonchev–Trinajstić information content (AvgIpc) is 2.72. The Morgan fingerprint density at radius 1 is 1.29 bits per heavy atom. The van der Waals surface area contributed by atoms with Crippen LogP contribution in [0.1, 0.15) is 55.8 Å². The molecule has 0 saturated heterocycles. The zero-order chi connectivity index (χ0) is 22.6. The number of carboxylic acid groups (broad SMARTS) is 1. The first-order valence-corrected chi connectivity index (χ1v) is 10.6. The van der Waals surface area contributed by atoms with E-state index < -0.39 is 34.4 Å². The average molecular weight is 425 g/mol. The zero-order valence-corrected chi connectivity index (χ0v) is 17.5. The number of hydrogen-bond donors (Lipinski definition) is 4. The van der Waals surface area contributed by atoms with Crippen molar-refractivity contribution in [1.82, 2.24) is 0 Å². The summed E-state index contributed by atoms with van der Waals surface area (Å²) in [5.74, 6) is -2.42. The molecule has 3 fully saturated rings. The van der Waals surface area contributed by atoms with Crippen molar-refractivity contribution >= 4 is 23.3 Å². The second-order valence-corrected chi connectivity index (χ2v) is 9.42. The molecule has 0 aliphatic heterocycles. The fourth-order valence-corrected chi connectivity index (χ4v) is 5.91. The Morgan fingerprint density at radius 3 is 2.71 bits per heavy atom. The molecular formula is C24H27NO6. The van der Waals surface area contributed by atoms with Crippen LogP contribution in [0.5, 0.6) is 11.5 Å². The van der Waals surface area contributed by atoms with E-state index in [1.807, 2.05) is 6.92 Å². The third-order valence-electron chi connectivity index (χ3n) is 7.73. The van der Waals surface area contributed by atoms with Gasteiger partial charge in [0.15, 0.2) is 11.5 Å². The Labute approximate surface area is 180 Å². The van der Waals surface area contributed by atoms with Crippen LogP contribution in [-0.2, 0) is 9.59 Å². The van der Waals surface area contributed by atoms with Crippen molar-refractivity contribution in [1.29, 1.82) is 0 Å². The number of carbonyl (C=O) groups excluding carboxylic acids is 2. The number of allylic oxidation sites excluding steroid dienone is 3. The summed E-state index contributed by atoms with van der Waals surface area (Å²) in [5, 5.41) is 31.6. The highest BCUT2D eigenvalue weighted by Crippen LogP contribution is 2.64. The molecule has 1 aromatic carbocycles. The van der Waals surface area contributed by atoms with Gasteiger partial charge in [-0.3, -0.25) is 9.59 Å². The summed E-state index contributed by atoms with van der Waals surface area (Å²) in [6.07, 6.45) is 7.96. The van der Waals surface area contributed by atoms with E-state index in [0.717, 1.165) is 37.8 Å². The number of carbonyl (C=O) groups is 3. The first kappa shape index (κ1) is 21.2. The predicted molar refractivity (Wildman–Crippen MR) is 114 cm³/mol. The maximum Gasteiger partial charge on any atom is 0.339 e. The summed E-state index contributed by atoms with van der Waals surface area (Å²) < 4.78 is 0. The van der Waals surface area contributed by atoms with Gasteiger partial charge in [0.2, 0.25) is 5.91 Å². The number of anilines is 1. The Hall–Kier alpha value is -3.09. The Morgan fingerprint density at radius 2 is 2.03 bits per heavy atom. The number of ketones is 1. The van der Waals surface area contributed by atoms with E-state index in [9.17, 15) is 24.6 Å². The molecule has 7 heteroatoms. The molecule has 7 nitrogen and oxygen atoms in total. The van der Waals surface area contributed by atoms with Gasteiger partial charge in [0.25, 0.3) is 0 Å². The minimum atomic E-state index is -1.38. The van der Waals surface area contributed by atoms with Crippen molar-refractivity contribution in [3.63, 3.8) is 0 Å². The molecule has 1 amide bonds. The van der Waals surface area contributed by atoms with Crippen LogP contribution in [0.2, 0.25) is 0 Å². The first-order chi connectivity index (χ1) is 14.6. The number of nitrogens with one attached hydrogen (secondary N) is 1. The first-order valence-electron chi connectivity index (χ1n) is 10.6. The molecule has 164 valence electrons. The molecule has 4 aliphatic carbocycles. The van der Waals surface area contributed by atoms with Gasteiger partial charge in [-0.1, -0.05) is 25.2 Å². The molecule has 0 radical (unpaired) electrons. The van der Waals surface area contributed by atoms with Crippen molar-refractivity contribution in [3.05, 3.63) is 42.0 Å². The fourth-order valence-electron chi connectivity index (χ4n) is 5.91. The van der Waals surface area contributed by atoms with Crippen LogP contribution in [-0.4, -0.2) is 33.0 Å². The summed E-state index contributed by atoms with van der Waals surface area (Å²) in [7, 11) is 0. The highest BCUT2D eigenvalue weighted by molar-refractivity contribution is 6.00. The van der Waals surface area contributed by atoms with E-state index in [2.05, 4.69) is 18.0 Å². The molecule has 4 N–H and O–H groups in total. The monoisotopic (exact) mass is 425 g/mol. The van der Waals surface area contributed by atoms with Crippen LogP contribution in [0.4, 0.5) is 5.69 Å². The number of phenolic OH excluding ortho intramolecular Hbond substituents is 1. The molecule has 1 spiro atoms. The van der Waals surface area contributed by atoms with Crippen molar-refractivity contribution in [3.8, 4) is 11.5 Å². The Balaban J connectivity index is 1.52. The van der Waals surface area contributed by atoms with Gasteiger partial charge in [-0.15, -0.1) is 0 Å². The number of carboxylic acids is 1. The van der Waals surface area contributed by atoms with Crippen molar-refractivity contribution in [2.45, 2.75) is 45.4 Å². The number of rotatable bonds is 5. The van der Waals surface area contributed by atoms with Crippen molar-refractivity contribution in [2.75, 3.05) is 5.32 Å². The zero-order valence-electron chi connectivity index (χ0n) is 17.5. The lowest BCUT2D eigenvalue weighted by molar-refractivity contribution is -0.136. The van der Waals surface area contributed by atoms with Gasteiger partial charge in [-0.25, -0.2) is 4.79 Å². The summed E-state index contributed by atoms with van der Waals surface area (Å²) in [6.45, 7) is 6.17. The third-order valence-corrected chi connectivity index (χ3v) is 7.73. The maximum absolute atomic E-state index is 12.9. The molecule has 3 unspecified atom stereocenters. The highest BCUT2D eigenvalue weighted by Gasteiger charge is 2.58. The van der Waals surface area contributed by atoms with E-state index in [-0.39, 0.29) is 29.2 Å². The lowest BCUT2D eigenvalue weighted by atomic mass is 9.44. The second kappa shape index (κ2) is 7.25. The van der Waals surface area contributed by atoms with Crippen LogP contribution in [0.25, 0.3) is 0 Å². The molecule has 0 heterocycles. The SMILES string of the molecule is C=C1CC23C=CC(=O)[C@@](C)(CCC(=O)Nc4c(O)ccc(C(=O)O)c4O)C2CC1CC3. The van der Waals surface area contributed by atoms with Crippen LogP contribution in [0.3, 0.4) is 0 Å². The third kappa shape index (κ3) is 3.32. The standard InChI is InChI=1S/C24H27NO6/c1-13-12-24-9-5-14(13)11-17(24)23(2,18(27)6-10-24)8-7-19(28)25-20-16(26)4-3-15(21(20)29)22(30)31/h3-4,6,10,14,17,26,29H,1,5,7-9,11-12H2,2H3,(H,25,28)(H,30,31)/t14?,17?,23-,24?/m0/s1. The molecule has 1 aromatic rings. The quantitative estimate of drug-likeness (QED) is 0.417. The minimum Gasteiger partial charge on any atom is -0.506 e. The molecular weight excluding hydrogens is 398 g/mol. The highest BCUT2D eigenvalue weighted by atomic mass is 16.4. The van der Waals surface area contributed by atoms with Gasteiger partial charge in [-0.2, -0.15) is 0 Å². The number of hydrogen-bond acceptors (Lipinski definition) is 5. The van der Waals surface area contributed by atoms with Crippen molar-refractivity contribution in [2.24, 2.45) is 22.7 Å². The van der Waals surface area contributed by atoms with Crippen LogP contribution >= 0.6 is 0 Å². The van der Waals surface area contributed by atoms with Crippen LogP contribution in [0.15, 0.2) is 36.4 Å². The maximum atomic E-state index is 12.9. The number of aromatic hydroxyl groups is 2. The van der Waals surface area contributed by atoms with E-state index >= 15 is 0 Å². The summed E-state index contributed by atoms with van der Waals surface area (Å²) in [4.78, 5) is 36.8. The fraction of sp³-hybridized carbons (Fsp3) is 0.458. The Kier molecular flexibility index (Phi) is 4.95.